The van der Waals surface area contributed by atoms with Crippen molar-refractivity contribution in [2.45, 2.75) is 11.1 Å². The van der Waals surface area contributed by atoms with Crippen LogP contribution in [0.1, 0.15) is 15.9 Å². The molecule has 1 amide bonds. The van der Waals surface area contributed by atoms with E-state index in [1.165, 1.54) is 24.3 Å². The van der Waals surface area contributed by atoms with Crippen LogP contribution in [0.3, 0.4) is 0 Å². The molecule has 0 atom stereocenters. The highest BCUT2D eigenvalue weighted by Gasteiger charge is 2.30. The summed E-state index contributed by atoms with van der Waals surface area (Å²) >= 11 is 0. The van der Waals surface area contributed by atoms with E-state index in [4.69, 9.17) is 0 Å². The summed E-state index contributed by atoms with van der Waals surface area (Å²) in [4.78, 5) is 11.7. The summed E-state index contributed by atoms with van der Waals surface area (Å²) < 4.78 is 90.7. The number of amides is 1. The lowest BCUT2D eigenvalue weighted by molar-refractivity contribution is -0.137. The van der Waals surface area contributed by atoms with E-state index in [-0.39, 0.29) is 16.9 Å². The first-order valence-corrected chi connectivity index (χ1v) is 10.0. The van der Waals surface area contributed by atoms with Crippen molar-refractivity contribution in [2.24, 2.45) is 0 Å². The van der Waals surface area contributed by atoms with Gasteiger partial charge in [0.05, 0.1) is 10.5 Å². The van der Waals surface area contributed by atoms with Crippen LogP contribution < -0.4 is 10.0 Å². The van der Waals surface area contributed by atoms with Crippen LogP contribution in [0, 0.1) is 11.6 Å². The van der Waals surface area contributed by atoms with Crippen molar-refractivity contribution in [3.05, 3.63) is 89.5 Å². The Balaban J connectivity index is 1.68. The fourth-order valence-corrected chi connectivity index (χ4v) is 3.56. The molecule has 5 nitrogen and oxygen atoms in total. The third kappa shape index (κ3) is 5.37. The monoisotopic (exact) mass is 456 g/mol. The van der Waals surface area contributed by atoms with E-state index in [9.17, 15) is 35.2 Å². The van der Waals surface area contributed by atoms with Crippen molar-refractivity contribution < 1.29 is 35.2 Å². The Labute approximate surface area is 173 Å². The van der Waals surface area contributed by atoms with Crippen molar-refractivity contribution in [1.29, 1.82) is 0 Å². The zero-order chi connectivity index (χ0) is 22.8. The molecule has 0 aromatic heterocycles. The van der Waals surface area contributed by atoms with Gasteiger partial charge < -0.3 is 5.32 Å². The zero-order valence-corrected chi connectivity index (χ0v) is 16.2. The van der Waals surface area contributed by atoms with Gasteiger partial charge in [-0.05, 0) is 66.7 Å². The highest BCUT2D eigenvalue weighted by molar-refractivity contribution is 7.92. The zero-order valence-electron chi connectivity index (χ0n) is 15.4. The Morgan fingerprint density at radius 2 is 1.35 bits per heavy atom. The molecule has 0 unspecified atom stereocenters. The second kappa shape index (κ2) is 8.34. The van der Waals surface area contributed by atoms with Gasteiger partial charge in [0, 0.05) is 16.9 Å². The fraction of sp³-hybridized carbons (Fsp3) is 0.0500. The first-order chi connectivity index (χ1) is 14.5. The van der Waals surface area contributed by atoms with Crippen LogP contribution in [0.25, 0.3) is 0 Å². The molecule has 31 heavy (non-hydrogen) atoms. The Kier molecular flexibility index (Phi) is 5.98. The number of benzene rings is 3. The molecule has 0 aliphatic carbocycles. The van der Waals surface area contributed by atoms with Gasteiger partial charge in [0.25, 0.3) is 15.9 Å². The van der Waals surface area contributed by atoms with Crippen molar-refractivity contribution in [2.75, 3.05) is 10.0 Å². The summed E-state index contributed by atoms with van der Waals surface area (Å²) in [7, 11) is -4.18. The topological polar surface area (TPSA) is 75.3 Å². The highest BCUT2D eigenvalue weighted by atomic mass is 32.2. The Morgan fingerprint density at radius 1 is 0.774 bits per heavy atom. The molecule has 11 heteroatoms. The van der Waals surface area contributed by atoms with E-state index < -0.39 is 44.2 Å². The standard InChI is InChI=1S/C20H13F5N2O3S/c21-17-10-9-16(11-18(17)22)31(29,30)27-15-7-5-14(6-8-15)26-19(28)12-1-3-13(4-2-12)20(23,24)25/h1-11,27H,(H,26,28). The van der Waals surface area contributed by atoms with Crippen LogP contribution >= 0.6 is 0 Å². The number of sulfonamides is 1. The summed E-state index contributed by atoms with van der Waals surface area (Å²) in [6.07, 6.45) is -4.52. The minimum Gasteiger partial charge on any atom is -0.322 e. The van der Waals surface area contributed by atoms with E-state index in [2.05, 4.69) is 10.0 Å². The predicted molar refractivity (Wildman–Crippen MR) is 103 cm³/mol. The van der Waals surface area contributed by atoms with Gasteiger partial charge in [-0.3, -0.25) is 9.52 Å². The van der Waals surface area contributed by atoms with Gasteiger partial charge in [0.1, 0.15) is 0 Å². The Morgan fingerprint density at radius 3 is 1.90 bits per heavy atom. The van der Waals surface area contributed by atoms with Gasteiger partial charge in [-0.15, -0.1) is 0 Å². The lowest BCUT2D eigenvalue weighted by Crippen LogP contribution is -2.14. The van der Waals surface area contributed by atoms with Crippen LogP contribution in [0.2, 0.25) is 0 Å². The molecular formula is C20H13F5N2O3S. The van der Waals surface area contributed by atoms with Gasteiger partial charge in [-0.2, -0.15) is 13.2 Å². The molecule has 0 aliphatic rings. The number of anilines is 2. The SMILES string of the molecule is O=C(Nc1ccc(NS(=O)(=O)c2ccc(F)c(F)c2)cc1)c1ccc(C(F)(F)F)cc1. The van der Waals surface area contributed by atoms with Crippen molar-refractivity contribution in [3.63, 3.8) is 0 Å². The number of rotatable bonds is 5. The smallest absolute Gasteiger partial charge is 0.322 e. The first kappa shape index (κ1) is 22.2. The second-order valence-electron chi connectivity index (χ2n) is 6.29. The number of hydrogen-bond donors (Lipinski definition) is 2. The second-order valence-corrected chi connectivity index (χ2v) is 7.97. The molecule has 0 radical (unpaired) electrons. The van der Waals surface area contributed by atoms with Gasteiger partial charge in [-0.25, -0.2) is 17.2 Å². The molecule has 3 aromatic carbocycles. The summed E-state index contributed by atoms with van der Waals surface area (Å²) in [5.41, 5.74) is -0.559. The molecule has 0 heterocycles. The maximum Gasteiger partial charge on any atom is 0.416 e. The molecular weight excluding hydrogens is 443 g/mol. The molecule has 2 N–H and O–H groups in total. The average molecular weight is 456 g/mol. The number of nitrogens with one attached hydrogen (secondary N) is 2. The Bertz CT molecular complexity index is 1210. The summed E-state index contributed by atoms with van der Waals surface area (Å²) in [5.74, 6) is -3.17. The number of carbonyl (C=O) groups is 1. The van der Waals surface area contributed by atoms with E-state index in [1.807, 2.05) is 0 Å². The molecule has 0 saturated heterocycles. The molecule has 3 aromatic rings. The van der Waals surface area contributed by atoms with Crippen molar-refractivity contribution >= 4 is 27.3 Å². The van der Waals surface area contributed by atoms with Gasteiger partial charge >= 0.3 is 6.18 Å². The average Bonchev–Trinajstić information content (AvgIpc) is 2.70. The van der Waals surface area contributed by atoms with Crippen LogP contribution in [0.5, 0.6) is 0 Å². The van der Waals surface area contributed by atoms with Crippen LogP contribution in [0.15, 0.2) is 71.6 Å². The third-order valence-electron chi connectivity index (χ3n) is 4.07. The largest absolute Gasteiger partial charge is 0.416 e. The fourth-order valence-electron chi connectivity index (χ4n) is 2.49. The van der Waals surface area contributed by atoms with E-state index in [0.717, 1.165) is 30.3 Å². The van der Waals surface area contributed by atoms with E-state index >= 15 is 0 Å². The number of alkyl halides is 3. The van der Waals surface area contributed by atoms with Crippen LogP contribution in [0.4, 0.5) is 33.3 Å². The highest BCUT2D eigenvalue weighted by Crippen LogP contribution is 2.29. The normalized spacial score (nSPS) is 11.8. The first-order valence-electron chi connectivity index (χ1n) is 8.52. The minimum atomic E-state index is -4.52. The van der Waals surface area contributed by atoms with Crippen molar-refractivity contribution in [1.82, 2.24) is 0 Å². The van der Waals surface area contributed by atoms with Crippen molar-refractivity contribution in [3.8, 4) is 0 Å². The summed E-state index contributed by atoms with van der Waals surface area (Å²) in [5, 5.41) is 2.46. The molecule has 0 spiro atoms. The maximum absolute atomic E-state index is 13.3. The molecule has 0 saturated carbocycles. The minimum absolute atomic E-state index is 0.00360. The molecule has 3 rings (SSSR count). The number of hydrogen-bond acceptors (Lipinski definition) is 3. The molecule has 162 valence electrons. The van der Waals surface area contributed by atoms with Gasteiger partial charge in [0.2, 0.25) is 0 Å². The number of carbonyl (C=O) groups excluding carboxylic acids is 1. The number of halogens is 5. The molecule has 0 bridgehead atoms. The van der Waals surface area contributed by atoms with Crippen LogP contribution in [-0.4, -0.2) is 14.3 Å². The predicted octanol–water partition coefficient (Wildman–Crippen LogP) is 5.04. The lowest BCUT2D eigenvalue weighted by atomic mass is 10.1. The quantitative estimate of drug-likeness (QED) is 0.529. The summed E-state index contributed by atoms with van der Waals surface area (Å²) in [6.45, 7) is 0. The van der Waals surface area contributed by atoms with Crippen LogP contribution in [-0.2, 0) is 16.2 Å². The van der Waals surface area contributed by atoms with Gasteiger partial charge in [0.15, 0.2) is 11.6 Å². The maximum atomic E-state index is 13.3. The van der Waals surface area contributed by atoms with E-state index in [1.54, 1.807) is 0 Å². The lowest BCUT2D eigenvalue weighted by Gasteiger charge is -2.10. The van der Waals surface area contributed by atoms with E-state index in [0.29, 0.717) is 12.1 Å². The third-order valence-corrected chi connectivity index (χ3v) is 5.45. The van der Waals surface area contributed by atoms with Gasteiger partial charge in [-0.1, -0.05) is 0 Å². The molecule has 0 fully saturated rings. The molecule has 0 aliphatic heterocycles. The summed E-state index contributed by atoms with van der Waals surface area (Å²) in [6, 6.07) is 11.1. The Hall–Kier alpha value is -3.47.